The van der Waals surface area contributed by atoms with E-state index in [0.29, 0.717) is 6.04 Å². The first-order valence-corrected chi connectivity index (χ1v) is 7.58. The highest BCUT2D eigenvalue weighted by molar-refractivity contribution is 5.48. The smallest absolute Gasteiger partial charge is 0.0854 e. The minimum atomic E-state index is 0.585. The molecule has 0 aliphatic heterocycles. The normalized spacial score (nSPS) is 24.4. The van der Waals surface area contributed by atoms with Gasteiger partial charge in [-0.1, -0.05) is 40.0 Å². The molecular weight excluding hydrogens is 222 g/mol. The summed E-state index contributed by atoms with van der Waals surface area (Å²) in [5.41, 5.74) is 9.53. The van der Waals surface area contributed by atoms with Gasteiger partial charge in [0.05, 0.1) is 23.1 Å². The van der Waals surface area contributed by atoms with Crippen LogP contribution in [0, 0.1) is 5.92 Å². The second kappa shape index (κ2) is 5.77. The zero-order chi connectivity index (χ0) is 13.1. The molecule has 1 fully saturated rings. The lowest BCUT2D eigenvalue weighted by Gasteiger charge is -2.32. The van der Waals surface area contributed by atoms with Gasteiger partial charge in [-0.25, -0.2) is 0 Å². The topological polar surface area (TPSA) is 43.8 Å². The van der Waals surface area contributed by atoms with Crippen molar-refractivity contribution in [2.45, 2.75) is 71.8 Å². The molecule has 1 heterocycles. The SMILES string of the molecule is CCc1nn(C2CCCCC2CC)c(CC)c1N. The van der Waals surface area contributed by atoms with Crippen molar-refractivity contribution in [2.75, 3.05) is 5.73 Å². The molecule has 1 saturated carbocycles. The maximum absolute atomic E-state index is 6.24. The van der Waals surface area contributed by atoms with Crippen molar-refractivity contribution in [1.29, 1.82) is 0 Å². The van der Waals surface area contributed by atoms with E-state index in [1.54, 1.807) is 0 Å². The van der Waals surface area contributed by atoms with Crippen LogP contribution in [0.1, 0.15) is 70.3 Å². The zero-order valence-electron chi connectivity index (χ0n) is 12.1. The van der Waals surface area contributed by atoms with Crippen LogP contribution in [-0.4, -0.2) is 9.78 Å². The summed E-state index contributed by atoms with van der Waals surface area (Å²) >= 11 is 0. The van der Waals surface area contributed by atoms with Gasteiger partial charge in [0, 0.05) is 0 Å². The van der Waals surface area contributed by atoms with E-state index in [1.165, 1.54) is 37.8 Å². The maximum Gasteiger partial charge on any atom is 0.0854 e. The summed E-state index contributed by atoms with van der Waals surface area (Å²) in [6.45, 7) is 6.63. The molecule has 2 unspecified atom stereocenters. The summed E-state index contributed by atoms with van der Waals surface area (Å²) < 4.78 is 2.28. The highest BCUT2D eigenvalue weighted by Crippen LogP contribution is 2.37. The molecule has 0 bridgehead atoms. The highest BCUT2D eigenvalue weighted by atomic mass is 15.3. The fourth-order valence-electron chi connectivity index (χ4n) is 3.41. The number of aromatic nitrogens is 2. The largest absolute Gasteiger partial charge is 0.396 e. The van der Waals surface area contributed by atoms with Crippen LogP contribution < -0.4 is 5.73 Å². The van der Waals surface area contributed by atoms with E-state index >= 15 is 0 Å². The van der Waals surface area contributed by atoms with Gasteiger partial charge in [0.1, 0.15) is 0 Å². The molecule has 2 rings (SSSR count). The molecule has 0 saturated heterocycles. The van der Waals surface area contributed by atoms with E-state index in [4.69, 9.17) is 10.8 Å². The highest BCUT2D eigenvalue weighted by Gasteiger charge is 2.28. The van der Waals surface area contributed by atoms with Crippen molar-refractivity contribution in [2.24, 2.45) is 5.92 Å². The van der Waals surface area contributed by atoms with Crippen molar-refractivity contribution in [3.05, 3.63) is 11.4 Å². The number of nitrogens with zero attached hydrogens (tertiary/aromatic N) is 2. The van der Waals surface area contributed by atoms with E-state index in [1.807, 2.05) is 0 Å². The second-order valence-corrected chi connectivity index (χ2v) is 5.48. The summed E-state index contributed by atoms with van der Waals surface area (Å²) in [7, 11) is 0. The number of nitrogens with two attached hydrogens (primary N) is 1. The van der Waals surface area contributed by atoms with Gasteiger partial charge in [0.25, 0.3) is 0 Å². The van der Waals surface area contributed by atoms with Gasteiger partial charge >= 0.3 is 0 Å². The molecule has 1 aromatic rings. The van der Waals surface area contributed by atoms with Gasteiger partial charge in [-0.05, 0) is 31.6 Å². The first-order chi connectivity index (χ1) is 8.72. The molecule has 18 heavy (non-hydrogen) atoms. The van der Waals surface area contributed by atoms with Crippen LogP contribution in [0.25, 0.3) is 0 Å². The van der Waals surface area contributed by atoms with Crippen LogP contribution >= 0.6 is 0 Å². The predicted molar refractivity (Wildman–Crippen MR) is 76.7 cm³/mol. The lowest BCUT2D eigenvalue weighted by atomic mass is 9.83. The number of hydrogen-bond acceptors (Lipinski definition) is 2. The maximum atomic E-state index is 6.24. The predicted octanol–water partition coefficient (Wildman–Crippen LogP) is 3.73. The Morgan fingerprint density at radius 1 is 1.17 bits per heavy atom. The summed E-state index contributed by atoms with van der Waals surface area (Å²) in [5, 5.41) is 4.81. The molecule has 3 heteroatoms. The third-order valence-electron chi connectivity index (χ3n) is 4.50. The minimum absolute atomic E-state index is 0.585. The molecule has 0 spiro atoms. The number of hydrogen-bond donors (Lipinski definition) is 1. The van der Waals surface area contributed by atoms with E-state index in [9.17, 15) is 0 Å². The van der Waals surface area contributed by atoms with Gasteiger partial charge in [0.15, 0.2) is 0 Å². The first kappa shape index (κ1) is 13.4. The first-order valence-electron chi connectivity index (χ1n) is 7.58. The lowest BCUT2D eigenvalue weighted by molar-refractivity contribution is 0.213. The van der Waals surface area contributed by atoms with Crippen LogP contribution in [-0.2, 0) is 12.8 Å². The molecule has 102 valence electrons. The van der Waals surface area contributed by atoms with Crippen molar-refractivity contribution >= 4 is 5.69 Å². The van der Waals surface area contributed by atoms with Crippen LogP contribution in [0.2, 0.25) is 0 Å². The second-order valence-electron chi connectivity index (χ2n) is 5.48. The van der Waals surface area contributed by atoms with Crippen molar-refractivity contribution in [3.63, 3.8) is 0 Å². The minimum Gasteiger partial charge on any atom is -0.396 e. The molecule has 1 aliphatic rings. The van der Waals surface area contributed by atoms with Gasteiger partial charge in [-0.2, -0.15) is 5.10 Å². The summed E-state index contributed by atoms with van der Waals surface area (Å²) in [4.78, 5) is 0. The Morgan fingerprint density at radius 3 is 2.50 bits per heavy atom. The van der Waals surface area contributed by atoms with Gasteiger partial charge in [-0.15, -0.1) is 0 Å². The van der Waals surface area contributed by atoms with Gasteiger partial charge in [0.2, 0.25) is 0 Å². The molecule has 1 aliphatic carbocycles. The van der Waals surface area contributed by atoms with Crippen molar-refractivity contribution in [1.82, 2.24) is 9.78 Å². The van der Waals surface area contributed by atoms with Crippen molar-refractivity contribution < 1.29 is 0 Å². The van der Waals surface area contributed by atoms with Gasteiger partial charge < -0.3 is 5.73 Å². The Kier molecular flexibility index (Phi) is 4.31. The Balaban J connectivity index is 2.36. The van der Waals surface area contributed by atoms with E-state index in [2.05, 4.69) is 25.5 Å². The summed E-state index contributed by atoms with van der Waals surface area (Å²) in [5.74, 6) is 0.785. The third-order valence-corrected chi connectivity index (χ3v) is 4.50. The van der Waals surface area contributed by atoms with Crippen molar-refractivity contribution in [3.8, 4) is 0 Å². The zero-order valence-corrected chi connectivity index (χ0v) is 12.1. The van der Waals surface area contributed by atoms with E-state index < -0.39 is 0 Å². The van der Waals surface area contributed by atoms with Crippen LogP contribution in [0.5, 0.6) is 0 Å². The number of rotatable bonds is 4. The number of anilines is 1. The molecule has 2 atom stereocenters. The monoisotopic (exact) mass is 249 g/mol. The van der Waals surface area contributed by atoms with E-state index in [-0.39, 0.29) is 0 Å². The molecule has 0 radical (unpaired) electrons. The Hall–Kier alpha value is -0.990. The average molecular weight is 249 g/mol. The van der Waals surface area contributed by atoms with Gasteiger partial charge in [-0.3, -0.25) is 4.68 Å². The molecule has 3 nitrogen and oxygen atoms in total. The molecule has 0 amide bonds. The Labute approximate surface area is 111 Å². The Morgan fingerprint density at radius 2 is 1.89 bits per heavy atom. The summed E-state index contributed by atoms with van der Waals surface area (Å²) in [6.07, 6.45) is 8.54. The van der Waals surface area contributed by atoms with E-state index in [0.717, 1.165) is 30.1 Å². The molecule has 0 aromatic carbocycles. The van der Waals surface area contributed by atoms with Crippen LogP contribution in [0.4, 0.5) is 5.69 Å². The average Bonchev–Trinajstić information content (AvgIpc) is 2.74. The Bertz CT molecular complexity index is 395. The molecule has 2 N–H and O–H groups in total. The molecular formula is C15H27N3. The quantitative estimate of drug-likeness (QED) is 0.883. The molecule has 1 aromatic heterocycles. The van der Waals surface area contributed by atoms with Crippen LogP contribution in [0.3, 0.4) is 0 Å². The van der Waals surface area contributed by atoms with Crippen LogP contribution in [0.15, 0.2) is 0 Å². The third kappa shape index (κ3) is 2.27. The summed E-state index contributed by atoms with van der Waals surface area (Å²) in [6, 6.07) is 0.585. The number of nitrogen functional groups attached to an aromatic ring is 1. The lowest BCUT2D eigenvalue weighted by Crippen LogP contribution is -2.25. The number of aryl methyl sites for hydroxylation is 1. The standard InChI is InChI=1S/C15H27N3/c1-4-11-9-7-8-10-14(11)18-13(6-3)15(16)12(5-2)17-18/h11,14H,4-10,16H2,1-3H3. The fourth-order valence-corrected chi connectivity index (χ4v) is 3.41. The fraction of sp³-hybridized carbons (Fsp3) is 0.800.